The van der Waals surface area contributed by atoms with Crippen LogP contribution in [-0.2, 0) is 22.4 Å². The summed E-state index contributed by atoms with van der Waals surface area (Å²) in [6.45, 7) is 20.4. The standard InChI is InChI=1S/5C3H8O.C3H7O.K.Ta/c6*1-3(2)4;;/h5*3-4H,1-2H3;3H,1-2H3;;/q;;;;;-1;+1;. The summed E-state index contributed by atoms with van der Waals surface area (Å²) in [5.41, 5.74) is 0. The fourth-order valence-corrected chi connectivity index (χ4v) is 0. The average molecular weight is 580 g/mol. The second-order valence-electron chi connectivity index (χ2n) is 6.52. The summed E-state index contributed by atoms with van der Waals surface area (Å²) in [5.74, 6) is 0. The smallest absolute Gasteiger partial charge is 0.852 e. The van der Waals surface area contributed by atoms with Gasteiger partial charge in [-0.05, 0) is 69.2 Å². The van der Waals surface area contributed by atoms with E-state index in [0.29, 0.717) is 0 Å². The summed E-state index contributed by atoms with van der Waals surface area (Å²) in [7, 11) is 0. The Hall–Kier alpha value is 2.14. The molecule has 26 heavy (non-hydrogen) atoms. The molecule has 0 aromatic heterocycles. The second kappa shape index (κ2) is 45.7. The Morgan fingerprint density at radius 2 is 0.423 bits per heavy atom. The average Bonchev–Trinajstić information content (AvgIpc) is 2.08. The minimum absolute atomic E-state index is 0. The van der Waals surface area contributed by atoms with Crippen LogP contribution in [0.15, 0.2) is 0 Å². The van der Waals surface area contributed by atoms with Crippen molar-refractivity contribution in [2.75, 3.05) is 0 Å². The normalized spacial score (nSPS) is 8.31. The molecule has 0 aliphatic rings. The van der Waals surface area contributed by atoms with Gasteiger partial charge in [-0.15, -0.1) is 6.10 Å². The largest absolute Gasteiger partial charge is 1.00 e. The van der Waals surface area contributed by atoms with Crippen LogP contribution in [0.3, 0.4) is 0 Å². The van der Waals surface area contributed by atoms with E-state index >= 15 is 0 Å². The third kappa shape index (κ3) is 3620. The predicted octanol–water partition coefficient (Wildman–Crippen LogP) is -1.31. The molecule has 0 fully saturated rings. The third-order valence-electron chi connectivity index (χ3n) is 0. The van der Waals surface area contributed by atoms with Gasteiger partial charge in [-0.25, -0.2) is 0 Å². The fraction of sp³-hybridized carbons (Fsp3) is 1.00. The Morgan fingerprint density at radius 1 is 0.423 bits per heavy atom. The first kappa shape index (κ1) is 51.1. The minimum Gasteiger partial charge on any atom is -0.852 e. The van der Waals surface area contributed by atoms with Crippen molar-refractivity contribution < 1.29 is 104 Å². The first-order valence-electron chi connectivity index (χ1n) is 8.45. The summed E-state index contributed by atoms with van der Waals surface area (Å²) in [6.07, 6.45) is -1.25. The molecule has 1 radical (unpaired) electrons. The molecule has 8 heteroatoms. The number of hydrogen-bond acceptors (Lipinski definition) is 6. The summed E-state index contributed by atoms with van der Waals surface area (Å²) in [6, 6.07) is 0. The number of hydrogen-bond donors (Lipinski definition) is 5. The van der Waals surface area contributed by atoms with Crippen LogP contribution in [0.25, 0.3) is 0 Å². The van der Waals surface area contributed by atoms with Gasteiger partial charge in [-0.1, -0.05) is 13.8 Å². The van der Waals surface area contributed by atoms with Crippen LogP contribution in [0.1, 0.15) is 83.1 Å². The summed E-state index contributed by atoms with van der Waals surface area (Å²) < 4.78 is 0. The molecule has 0 aromatic carbocycles. The zero-order valence-corrected chi connectivity index (χ0v) is 25.9. The van der Waals surface area contributed by atoms with E-state index < -0.39 is 6.10 Å². The zero-order valence-electron chi connectivity index (χ0n) is 19.6. The van der Waals surface area contributed by atoms with Gasteiger partial charge in [0.25, 0.3) is 0 Å². The van der Waals surface area contributed by atoms with Gasteiger partial charge < -0.3 is 30.6 Å². The zero-order chi connectivity index (χ0) is 21.5. The third-order valence-corrected chi connectivity index (χ3v) is 0. The van der Waals surface area contributed by atoms with E-state index in [0.717, 1.165) is 0 Å². The first-order chi connectivity index (χ1) is 10.4. The molecule has 0 heterocycles. The molecule has 0 aliphatic carbocycles. The van der Waals surface area contributed by atoms with Crippen LogP contribution in [0, 0.1) is 0 Å². The Bertz CT molecular complexity index is 107. The molecule has 0 amide bonds. The molecule has 0 saturated heterocycles. The number of aliphatic hydroxyl groups is 5. The molecule has 161 valence electrons. The van der Waals surface area contributed by atoms with E-state index in [4.69, 9.17) is 25.5 Å². The van der Waals surface area contributed by atoms with Crippen molar-refractivity contribution in [2.24, 2.45) is 0 Å². The van der Waals surface area contributed by atoms with E-state index in [1.807, 2.05) is 0 Å². The van der Waals surface area contributed by atoms with Gasteiger partial charge in [0.2, 0.25) is 0 Å². The van der Waals surface area contributed by atoms with E-state index in [9.17, 15) is 5.11 Å². The van der Waals surface area contributed by atoms with Crippen LogP contribution in [0.4, 0.5) is 0 Å². The van der Waals surface area contributed by atoms with Gasteiger partial charge in [0.1, 0.15) is 0 Å². The molecule has 0 saturated carbocycles. The van der Waals surface area contributed by atoms with Crippen molar-refractivity contribution in [3.63, 3.8) is 0 Å². The van der Waals surface area contributed by atoms with Crippen LogP contribution >= 0.6 is 0 Å². The van der Waals surface area contributed by atoms with Crippen molar-refractivity contribution in [3.8, 4) is 0 Å². The molecule has 0 aliphatic heterocycles. The molecule has 0 spiro atoms. The molecule has 0 bridgehead atoms. The van der Waals surface area contributed by atoms with E-state index in [2.05, 4.69) is 0 Å². The van der Waals surface area contributed by atoms with E-state index in [-0.39, 0.29) is 104 Å². The molecule has 5 N–H and O–H groups in total. The Kier molecular flexibility index (Phi) is 89.9. The maximum atomic E-state index is 9.53. The molecule has 0 unspecified atom stereocenters. The van der Waals surface area contributed by atoms with Crippen LogP contribution in [0.5, 0.6) is 0 Å². The SMILES string of the molecule is CC(C)O.CC(C)O.CC(C)O.CC(C)O.CC(C)O.CC(C)[O-].[K+].[Ta]. The molecular formula is C18H47KO6Ta. The van der Waals surface area contributed by atoms with E-state index in [1.54, 1.807) is 83.1 Å². The summed E-state index contributed by atoms with van der Waals surface area (Å²) in [5, 5.41) is 49.8. The Labute approximate surface area is 221 Å². The predicted molar refractivity (Wildman–Crippen MR) is 102 cm³/mol. The van der Waals surface area contributed by atoms with Crippen molar-refractivity contribution in [2.45, 2.75) is 120 Å². The van der Waals surface area contributed by atoms with Crippen molar-refractivity contribution in [1.29, 1.82) is 0 Å². The van der Waals surface area contributed by atoms with Gasteiger partial charge in [-0.2, -0.15) is 0 Å². The monoisotopic (exact) mass is 579 g/mol. The van der Waals surface area contributed by atoms with Gasteiger partial charge in [0, 0.05) is 52.9 Å². The molecule has 0 atom stereocenters. The maximum absolute atomic E-state index is 9.53. The topological polar surface area (TPSA) is 124 Å². The van der Waals surface area contributed by atoms with Gasteiger partial charge in [0.15, 0.2) is 0 Å². The van der Waals surface area contributed by atoms with Gasteiger partial charge in [0.05, 0.1) is 0 Å². The Morgan fingerprint density at radius 3 is 0.423 bits per heavy atom. The van der Waals surface area contributed by atoms with Gasteiger partial charge >= 0.3 is 51.4 Å². The molecule has 0 aromatic rings. The molecule has 6 nitrogen and oxygen atoms in total. The number of aliphatic hydroxyl groups excluding tert-OH is 5. The van der Waals surface area contributed by atoms with Crippen LogP contribution < -0.4 is 56.5 Å². The van der Waals surface area contributed by atoms with Gasteiger partial charge in [-0.3, -0.25) is 0 Å². The van der Waals surface area contributed by atoms with Crippen molar-refractivity contribution >= 4 is 0 Å². The second-order valence-corrected chi connectivity index (χ2v) is 6.52. The quantitative estimate of drug-likeness (QED) is 0.227. The minimum atomic E-state index is -0.417. The Balaban J connectivity index is -0.0000000245. The number of rotatable bonds is 0. The first-order valence-corrected chi connectivity index (χ1v) is 8.45. The van der Waals surface area contributed by atoms with Crippen LogP contribution in [0.2, 0.25) is 0 Å². The van der Waals surface area contributed by atoms with Crippen molar-refractivity contribution in [1.82, 2.24) is 0 Å². The maximum Gasteiger partial charge on any atom is 1.00 e. The molecular weight excluding hydrogens is 532 g/mol. The summed E-state index contributed by atoms with van der Waals surface area (Å²) >= 11 is 0. The fourth-order valence-electron chi connectivity index (χ4n) is 0. The van der Waals surface area contributed by atoms with E-state index in [1.165, 1.54) is 0 Å². The summed E-state index contributed by atoms with van der Waals surface area (Å²) in [4.78, 5) is 0. The molecule has 0 rings (SSSR count). The van der Waals surface area contributed by atoms with Crippen molar-refractivity contribution in [3.05, 3.63) is 0 Å². The van der Waals surface area contributed by atoms with Crippen LogP contribution in [-0.4, -0.2) is 62.2 Å².